The number of hydrogen-bond donors (Lipinski definition) is 0. The van der Waals surface area contributed by atoms with Crippen molar-refractivity contribution in [2.24, 2.45) is 5.41 Å². The molecule has 0 radical (unpaired) electrons. The Morgan fingerprint density at radius 3 is 2.82 bits per heavy atom. The van der Waals surface area contributed by atoms with E-state index in [1.165, 1.54) is 0 Å². The van der Waals surface area contributed by atoms with Crippen molar-refractivity contribution in [2.75, 3.05) is 0 Å². The van der Waals surface area contributed by atoms with Crippen molar-refractivity contribution in [1.29, 1.82) is 0 Å². The van der Waals surface area contributed by atoms with Crippen molar-refractivity contribution >= 4 is 11.4 Å². The normalized spacial score (nSPS) is 11.9. The zero-order valence-corrected chi connectivity index (χ0v) is 10.6. The summed E-state index contributed by atoms with van der Waals surface area (Å²) in [6.45, 7) is 6.45. The number of aromatic nitrogens is 2. The van der Waals surface area contributed by atoms with E-state index in [1.807, 2.05) is 28.9 Å². The Bertz CT molecular complexity index is 534. The van der Waals surface area contributed by atoms with Gasteiger partial charge in [0.1, 0.15) is 5.65 Å². The molecule has 0 aliphatic carbocycles. The van der Waals surface area contributed by atoms with Crippen molar-refractivity contribution < 1.29 is 4.79 Å². The van der Waals surface area contributed by atoms with Gasteiger partial charge < -0.3 is 4.40 Å². The number of Topliss-reactive ketones (excluding diaryl/α,β-unsaturated/α-hetero) is 1. The van der Waals surface area contributed by atoms with Crippen molar-refractivity contribution in [1.82, 2.24) is 9.38 Å². The Kier molecular flexibility index (Phi) is 3.01. The number of carbonyl (C=O) groups is 1. The summed E-state index contributed by atoms with van der Waals surface area (Å²) in [4.78, 5) is 16.4. The lowest BCUT2D eigenvalue weighted by Gasteiger charge is -2.17. The van der Waals surface area contributed by atoms with Gasteiger partial charge >= 0.3 is 0 Å². The molecule has 0 fully saturated rings. The molecule has 0 unspecified atom stereocenters. The highest BCUT2D eigenvalue weighted by Gasteiger charge is 2.16. The van der Waals surface area contributed by atoms with Gasteiger partial charge in [0, 0.05) is 25.0 Å². The Morgan fingerprint density at radius 1 is 1.35 bits per heavy atom. The smallest absolute Gasteiger partial charge is 0.166 e. The molecule has 0 atom stereocenters. The van der Waals surface area contributed by atoms with Crippen molar-refractivity contribution in [3.63, 3.8) is 0 Å². The third-order valence-electron chi connectivity index (χ3n) is 2.82. The molecule has 3 heteroatoms. The maximum atomic E-state index is 12.1. The Morgan fingerprint density at radius 2 is 2.12 bits per heavy atom. The number of hydrogen-bond acceptors (Lipinski definition) is 2. The Labute approximate surface area is 101 Å². The van der Waals surface area contributed by atoms with Gasteiger partial charge in [0.2, 0.25) is 0 Å². The van der Waals surface area contributed by atoms with Crippen LogP contribution >= 0.6 is 0 Å². The van der Waals surface area contributed by atoms with Crippen LogP contribution < -0.4 is 0 Å². The van der Waals surface area contributed by atoms with E-state index in [4.69, 9.17) is 0 Å². The van der Waals surface area contributed by atoms with E-state index in [1.54, 1.807) is 6.20 Å². The van der Waals surface area contributed by atoms with Gasteiger partial charge in [-0.25, -0.2) is 4.98 Å². The van der Waals surface area contributed by atoms with E-state index in [0.717, 1.165) is 17.6 Å². The summed E-state index contributed by atoms with van der Waals surface area (Å²) in [5.74, 6) is 0.178. The van der Waals surface area contributed by atoms with Crippen LogP contribution in [0.5, 0.6) is 0 Å². The molecule has 3 nitrogen and oxygen atoms in total. The van der Waals surface area contributed by atoms with Crippen LogP contribution in [0.15, 0.2) is 30.7 Å². The predicted molar refractivity (Wildman–Crippen MR) is 68.2 cm³/mol. The van der Waals surface area contributed by atoms with Crippen LogP contribution in [0.4, 0.5) is 0 Å². The van der Waals surface area contributed by atoms with E-state index >= 15 is 0 Å². The lowest BCUT2D eigenvalue weighted by Crippen LogP contribution is -2.10. The molecule has 0 aliphatic heterocycles. The maximum absolute atomic E-state index is 12.1. The largest absolute Gasteiger partial charge is 0.307 e. The van der Waals surface area contributed by atoms with Gasteiger partial charge in [0.05, 0.1) is 5.56 Å². The van der Waals surface area contributed by atoms with E-state index in [-0.39, 0.29) is 11.2 Å². The van der Waals surface area contributed by atoms with Gasteiger partial charge in [-0.2, -0.15) is 0 Å². The fourth-order valence-corrected chi connectivity index (χ4v) is 1.79. The molecule has 0 aromatic carbocycles. The molecule has 0 aliphatic rings. The van der Waals surface area contributed by atoms with Crippen LogP contribution in [0.3, 0.4) is 0 Å². The summed E-state index contributed by atoms with van der Waals surface area (Å²) < 4.78 is 1.88. The molecule has 2 heterocycles. The number of pyridine rings is 1. The van der Waals surface area contributed by atoms with E-state index in [9.17, 15) is 4.79 Å². The van der Waals surface area contributed by atoms with Crippen LogP contribution in [0, 0.1) is 5.41 Å². The fourth-order valence-electron chi connectivity index (χ4n) is 1.79. The highest BCUT2D eigenvalue weighted by Crippen LogP contribution is 2.22. The lowest BCUT2D eigenvalue weighted by atomic mass is 9.88. The number of fused-ring (bicyclic) bond motifs is 1. The zero-order valence-electron chi connectivity index (χ0n) is 10.6. The first-order chi connectivity index (χ1) is 7.97. The molecule has 0 saturated carbocycles. The first-order valence-corrected chi connectivity index (χ1v) is 5.92. The molecule has 2 aromatic rings. The molecule has 90 valence electrons. The number of imidazole rings is 1. The minimum Gasteiger partial charge on any atom is -0.307 e. The molecule has 0 N–H and O–H groups in total. The van der Waals surface area contributed by atoms with Gasteiger partial charge in [0.25, 0.3) is 0 Å². The third kappa shape index (κ3) is 2.73. The van der Waals surface area contributed by atoms with Crippen LogP contribution in [0.2, 0.25) is 0 Å². The molecule has 0 saturated heterocycles. The van der Waals surface area contributed by atoms with E-state index in [2.05, 4.69) is 25.8 Å². The monoisotopic (exact) mass is 230 g/mol. The first-order valence-electron chi connectivity index (χ1n) is 5.92. The Balaban J connectivity index is 2.22. The second kappa shape index (κ2) is 4.32. The van der Waals surface area contributed by atoms with Gasteiger partial charge in [-0.15, -0.1) is 0 Å². The summed E-state index contributed by atoms with van der Waals surface area (Å²) in [5.41, 5.74) is 1.67. The van der Waals surface area contributed by atoms with Crippen molar-refractivity contribution in [2.45, 2.75) is 33.6 Å². The van der Waals surface area contributed by atoms with Gasteiger partial charge in [-0.3, -0.25) is 4.79 Å². The Hall–Kier alpha value is -1.64. The van der Waals surface area contributed by atoms with Crippen LogP contribution in [-0.2, 0) is 0 Å². The second-order valence-corrected chi connectivity index (χ2v) is 5.56. The molecular weight excluding hydrogens is 212 g/mol. The highest BCUT2D eigenvalue weighted by atomic mass is 16.1. The van der Waals surface area contributed by atoms with Gasteiger partial charge in [-0.1, -0.05) is 20.8 Å². The number of rotatable bonds is 3. The molecule has 0 amide bonds. The number of nitrogens with zero attached hydrogens (tertiary/aromatic N) is 2. The summed E-state index contributed by atoms with van der Waals surface area (Å²) in [7, 11) is 0. The minimum absolute atomic E-state index is 0.178. The van der Waals surface area contributed by atoms with Crippen LogP contribution in [-0.4, -0.2) is 15.2 Å². The molecule has 0 bridgehead atoms. The molecule has 17 heavy (non-hydrogen) atoms. The van der Waals surface area contributed by atoms with Crippen molar-refractivity contribution in [3.05, 3.63) is 36.3 Å². The third-order valence-corrected chi connectivity index (χ3v) is 2.82. The number of ketones is 1. The summed E-state index contributed by atoms with van der Waals surface area (Å²) in [6, 6.07) is 3.74. The average molecular weight is 230 g/mol. The van der Waals surface area contributed by atoms with E-state index in [0.29, 0.717) is 6.42 Å². The standard InChI is InChI=1S/C14H18N2O/c1-14(2,3)7-6-12(17)11-5-4-9-16-10-8-15-13(11)16/h4-5,8-10H,6-7H2,1-3H3. The first kappa shape index (κ1) is 11.8. The topological polar surface area (TPSA) is 34.4 Å². The van der Waals surface area contributed by atoms with Gasteiger partial charge in [-0.05, 0) is 24.0 Å². The minimum atomic E-state index is 0.178. The molecule has 2 rings (SSSR count). The summed E-state index contributed by atoms with van der Waals surface area (Å²) in [5, 5.41) is 0. The number of carbonyl (C=O) groups excluding carboxylic acids is 1. The summed E-state index contributed by atoms with van der Waals surface area (Å²) >= 11 is 0. The van der Waals surface area contributed by atoms with Crippen molar-refractivity contribution in [3.8, 4) is 0 Å². The van der Waals surface area contributed by atoms with Crippen LogP contribution in [0.25, 0.3) is 5.65 Å². The average Bonchev–Trinajstić information content (AvgIpc) is 2.72. The second-order valence-electron chi connectivity index (χ2n) is 5.56. The highest BCUT2D eigenvalue weighted by molar-refractivity contribution is 6.01. The van der Waals surface area contributed by atoms with Crippen LogP contribution in [0.1, 0.15) is 44.0 Å². The molecule has 0 spiro atoms. The fraction of sp³-hybridized carbons (Fsp3) is 0.429. The van der Waals surface area contributed by atoms with E-state index < -0.39 is 0 Å². The molecule has 2 aromatic heterocycles. The quantitative estimate of drug-likeness (QED) is 0.758. The zero-order chi connectivity index (χ0) is 12.5. The SMILES string of the molecule is CC(C)(C)CCC(=O)c1cccn2ccnc12. The lowest BCUT2D eigenvalue weighted by molar-refractivity contribution is 0.0967. The van der Waals surface area contributed by atoms with Gasteiger partial charge in [0.15, 0.2) is 5.78 Å². The molecular formula is C14H18N2O. The summed E-state index contributed by atoms with van der Waals surface area (Å²) in [6.07, 6.45) is 6.96. The predicted octanol–water partition coefficient (Wildman–Crippen LogP) is 3.34. The maximum Gasteiger partial charge on any atom is 0.166 e.